The van der Waals surface area contributed by atoms with Gasteiger partial charge < -0.3 is 10.5 Å². The predicted octanol–water partition coefficient (Wildman–Crippen LogP) is 2.73. The molecule has 0 aliphatic heterocycles. The number of aromatic nitrogens is 4. The highest BCUT2D eigenvalue weighted by Gasteiger charge is 2.36. The molecule has 0 radical (unpaired) electrons. The first kappa shape index (κ1) is 15.1. The maximum Gasteiger partial charge on any atom is 0.451 e. The molecule has 0 bridgehead atoms. The van der Waals surface area contributed by atoms with Gasteiger partial charge in [0.05, 0.1) is 18.5 Å². The second-order valence-corrected chi connectivity index (χ2v) is 4.81. The minimum Gasteiger partial charge on any atom is -0.497 e. The van der Waals surface area contributed by atoms with Crippen molar-refractivity contribution in [2.45, 2.75) is 13.1 Å². The zero-order valence-electron chi connectivity index (χ0n) is 12.2. The van der Waals surface area contributed by atoms with Gasteiger partial charge in [-0.05, 0) is 19.1 Å². The number of nitrogen functional groups attached to an aromatic ring is 1. The Kier molecular flexibility index (Phi) is 3.35. The Hall–Kier alpha value is -2.84. The average Bonchev–Trinajstić information content (AvgIpc) is 2.83. The molecule has 2 N–H and O–H groups in total. The lowest BCUT2D eigenvalue weighted by Gasteiger charge is -2.09. The Morgan fingerprint density at radius 2 is 1.91 bits per heavy atom. The van der Waals surface area contributed by atoms with Gasteiger partial charge in [0, 0.05) is 6.07 Å². The molecule has 2 heterocycles. The van der Waals surface area contributed by atoms with Gasteiger partial charge in [-0.25, -0.2) is 15.0 Å². The van der Waals surface area contributed by atoms with Crippen LogP contribution in [0.1, 0.15) is 11.5 Å². The van der Waals surface area contributed by atoms with Crippen molar-refractivity contribution in [1.29, 1.82) is 0 Å². The lowest BCUT2D eigenvalue weighted by molar-refractivity contribution is -0.144. The molecule has 3 aromatic rings. The fraction of sp³-hybridized carbons (Fsp3) is 0.214. The maximum absolute atomic E-state index is 12.9. The Morgan fingerprint density at radius 1 is 1.17 bits per heavy atom. The number of hydrogen-bond donors (Lipinski definition) is 1. The number of halogens is 3. The molecule has 3 rings (SSSR count). The fourth-order valence-electron chi connectivity index (χ4n) is 2.24. The summed E-state index contributed by atoms with van der Waals surface area (Å²) in [6.45, 7) is 1.43. The highest BCUT2D eigenvalue weighted by Crippen LogP contribution is 2.30. The van der Waals surface area contributed by atoms with Crippen LogP contribution in [-0.2, 0) is 6.18 Å². The van der Waals surface area contributed by atoms with Crippen LogP contribution in [0, 0.1) is 6.92 Å². The normalized spacial score (nSPS) is 11.9. The summed E-state index contributed by atoms with van der Waals surface area (Å²) in [4.78, 5) is 11.1. The molecule has 0 atom stereocenters. The molecule has 23 heavy (non-hydrogen) atoms. The van der Waals surface area contributed by atoms with Crippen molar-refractivity contribution in [3.8, 4) is 11.4 Å². The monoisotopic (exact) mass is 323 g/mol. The van der Waals surface area contributed by atoms with E-state index in [4.69, 9.17) is 10.5 Å². The van der Waals surface area contributed by atoms with Crippen molar-refractivity contribution in [3.63, 3.8) is 0 Å². The van der Waals surface area contributed by atoms with Gasteiger partial charge in [0.2, 0.25) is 11.8 Å². The smallest absolute Gasteiger partial charge is 0.451 e. The minimum absolute atomic E-state index is 0.00409. The molecule has 0 spiro atoms. The van der Waals surface area contributed by atoms with Crippen LogP contribution in [0.15, 0.2) is 24.3 Å². The van der Waals surface area contributed by atoms with Gasteiger partial charge in [-0.15, -0.1) is 0 Å². The molecule has 120 valence electrons. The van der Waals surface area contributed by atoms with Gasteiger partial charge in [0.25, 0.3) is 0 Å². The zero-order valence-corrected chi connectivity index (χ0v) is 12.2. The molecule has 2 aromatic heterocycles. The number of aryl methyl sites for hydroxylation is 1. The number of fused-ring (bicyclic) bond motifs is 1. The van der Waals surface area contributed by atoms with E-state index >= 15 is 0 Å². The number of rotatable bonds is 2. The maximum atomic E-state index is 12.9. The molecular weight excluding hydrogens is 311 g/mol. The Labute approximate surface area is 128 Å². The van der Waals surface area contributed by atoms with Crippen LogP contribution < -0.4 is 10.5 Å². The van der Waals surface area contributed by atoms with Crippen LogP contribution in [0.25, 0.3) is 16.9 Å². The van der Waals surface area contributed by atoms with E-state index in [0.29, 0.717) is 11.4 Å². The van der Waals surface area contributed by atoms with Gasteiger partial charge in [0.15, 0.2) is 5.65 Å². The summed E-state index contributed by atoms with van der Waals surface area (Å²) in [6, 6.07) is 6.70. The number of alkyl halides is 3. The molecule has 0 aliphatic rings. The SMILES string of the molecule is COc1cccc(-n2c(N)nc3c(C)nc(C(F)(F)F)nc32)c1. The number of anilines is 1. The van der Waals surface area contributed by atoms with Gasteiger partial charge in [0.1, 0.15) is 11.3 Å². The van der Waals surface area contributed by atoms with E-state index in [1.54, 1.807) is 24.3 Å². The molecule has 0 saturated carbocycles. The van der Waals surface area contributed by atoms with E-state index in [1.165, 1.54) is 18.6 Å². The Bertz CT molecular complexity index is 888. The van der Waals surface area contributed by atoms with Crippen molar-refractivity contribution in [2.24, 2.45) is 0 Å². The van der Waals surface area contributed by atoms with Crippen molar-refractivity contribution in [3.05, 3.63) is 35.8 Å². The lowest BCUT2D eigenvalue weighted by atomic mass is 10.3. The fourth-order valence-corrected chi connectivity index (χ4v) is 2.24. The van der Waals surface area contributed by atoms with Gasteiger partial charge in [-0.1, -0.05) is 6.07 Å². The zero-order chi connectivity index (χ0) is 16.8. The molecule has 0 aliphatic carbocycles. The average molecular weight is 323 g/mol. The van der Waals surface area contributed by atoms with Gasteiger partial charge >= 0.3 is 6.18 Å². The summed E-state index contributed by atoms with van der Waals surface area (Å²) in [7, 11) is 1.49. The van der Waals surface area contributed by atoms with Crippen molar-refractivity contribution < 1.29 is 17.9 Å². The topological polar surface area (TPSA) is 78.9 Å². The van der Waals surface area contributed by atoms with Crippen LogP contribution in [0.3, 0.4) is 0 Å². The van der Waals surface area contributed by atoms with Gasteiger partial charge in [-0.3, -0.25) is 4.57 Å². The summed E-state index contributed by atoms with van der Waals surface area (Å²) in [5, 5.41) is 0. The summed E-state index contributed by atoms with van der Waals surface area (Å²) in [5.74, 6) is -0.679. The van der Waals surface area contributed by atoms with E-state index < -0.39 is 12.0 Å². The number of imidazole rings is 1. The van der Waals surface area contributed by atoms with Crippen molar-refractivity contribution in [2.75, 3.05) is 12.8 Å². The van der Waals surface area contributed by atoms with E-state index in [9.17, 15) is 13.2 Å². The van der Waals surface area contributed by atoms with E-state index in [2.05, 4.69) is 15.0 Å². The Morgan fingerprint density at radius 3 is 2.57 bits per heavy atom. The quantitative estimate of drug-likeness (QED) is 0.784. The summed E-state index contributed by atoms with van der Waals surface area (Å²) in [6.07, 6.45) is -4.66. The number of ether oxygens (including phenoxy) is 1. The summed E-state index contributed by atoms with van der Waals surface area (Å²) >= 11 is 0. The van der Waals surface area contributed by atoms with Gasteiger partial charge in [-0.2, -0.15) is 13.2 Å². The van der Waals surface area contributed by atoms with Crippen LogP contribution in [0.2, 0.25) is 0 Å². The second kappa shape index (κ2) is 5.11. The second-order valence-electron chi connectivity index (χ2n) is 4.81. The molecule has 0 fully saturated rings. The molecule has 9 heteroatoms. The highest BCUT2D eigenvalue weighted by atomic mass is 19.4. The highest BCUT2D eigenvalue weighted by molar-refractivity contribution is 5.79. The lowest BCUT2D eigenvalue weighted by Crippen LogP contribution is -2.13. The molecule has 0 amide bonds. The first-order valence-corrected chi connectivity index (χ1v) is 6.55. The summed E-state index contributed by atoms with van der Waals surface area (Å²) < 4.78 is 45.3. The molecule has 0 saturated heterocycles. The van der Waals surface area contributed by atoms with E-state index in [1.807, 2.05) is 0 Å². The number of hydrogen-bond acceptors (Lipinski definition) is 5. The first-order valence-electron chi connectivity index (χ1n) is 6.55. The van der Waals surface area contributed by atoms with Crippen molar-refractivity contribution in [1.82, 2.24) is 19.5 Å². The third-order valence-electron chi connectivity index (χ3n) is 3.27. The van der Waals surface area contributed by atoms with E-state index in [-0.39, 0.29) is 22.8 Å². The number of nitrogens with zero attached hydrogens (tertiary/aromatic N) is 4. The molecular formula is C14H12F3N5O. The van der Waals surface area contributed by atoms with Crippen LogP contribution in [0.4, 0.5) is 19.1 Å². The Balaban J connectivity index is 2.32. The molecule has 1 aromatic carbocycles. The first-order chi connectivity index (χ1) is 10.8. The van der Waals surface area contributed by atoms with Crippen molar-refractivity contribution >= 4 is 17.1 Å². The van der Waals surface area contributed by atoms with Crippen LogP contribution >= 0.6 is 0 Å². The third kappa shape index (κ3) is 2.54. The molecule has 6 nitrogen and oxygen atoms in total. The molecule has 0 unspecified atom stereocenters. The number of nitrogens with two attached hydrogens (primary N) is 1. The van der Waals surface area contributed by atoms with E-state index in [0.717, 1.165) is 0 Å². The predicted molar refractivity (Wildman–Crippen MR) is 77.4 cm³/mol. The van der Waals surface area contributed by atoms with Crippen LogP contribution in [0.5, 0.6) is 5.75 Å². The third-order valence-corrected chi connectivity index (χ3v) is 3.27. The number of benzene rings is 1. The summed E-state index contributed by atoms with van der Waals surface area (Å²) in [5.41, 5.74) is 6.69. The van der Waals surface area contributed by atoms with Crippen LogP contribution in [-0.4, -0.2) is 26.6 Å². The number of methoxy groups -OCH3 is 1. The standard InChI is InChI=1S/C14H12F3N5O/c1-7-10-11(21-12(19-7)14(15,16)17)22(13(18)20-10)8-4-3-5-9(6-8)23-2/h3-6H,1-2H3,(H2,18,20). The largest absolute Gasteiger partial charge is 0.497 e. The minimum atomic E-state index is -4.66.